The Morgan fingerprint density at radius 1 is 1.25 bits per heavy atom. The average Bonchev–Trinajstić information content (AvgIpc) is 2.30. The van der Waals surface area contributed by atoms with Crippen molar-refractivity contribution in [1.29, 1.82) is 0 Å². The molecule has 1 saturated heterocycles. The Hall–Kier alpha value is -0.890. The molecule has 1 aromatic rings. The second-order valence-electron chi connectivity index (χ2n) is 4.82. The van der Waals surface area contributed by atoms with E-state index in [1.165, 1.54) is 38.4 Å². The minimum absolute atomic E-state index is 0.122. The third-order valence-electron chi connectivity index (χ3n) is 3.40. The third kappa shape index (κ3) is 3.05. The predicted molar refractivity (Wildman–Crippen MR) is 65.1 cm³/mol. The lowest BCUT2D eigenvalue weighted by atomic mass is 9.99. The first-order chi connectivity index (χ1) is 7.75. The zero-order valence-corrected chi connectivity index (χ0v) is 9.95. The van der Waals surface area contributed by atoms with Gasteiger partial charge in [0.2, 0.25) is 0 Å². The van der Waals surface area contributed by atoms with Gasteiger partial charge in [-0.05, 0) is 49.5 Å². The Kier molecular flexibility index (Phi) is 3.94. The molecule has 2 rings (SSSR count). The number of likely N-dealkylation sites (tertiary alicyclic amines) is 1. The second kappa shape index (κ2) is 5.44. The molecule has 1 heterocycles. The summed E-state index contributed by atoms with van der Waals surface area (Å²) in [5.74, 6) is 0.303. The van der Waals surface area contributed by atoms with Crippen molar-refractivity contribution >= 4 is 0 Å². The molecule has 88 valence electrons. The summed E-state index contributed by atoms with van der Waals surface area (Å²) in [5.41, 5.74) is 1.12. The molecule has 1 nitrogen and oxygen atoms in total. The molecule has 0 amide bonds. The van der Waals surface area contributed by atoms with Crippen molar-refractivity contribution in [3.05, 3.63) is 35.6 Å². The summed E-state index contributed by atoms with van der Waals surface area (Å²) in [6.07, 6.45) is 4.00. The quantitative estimate of drug-likeness (QED) is 0.756. The van der Waals surface area contributed by atoms with Gasteiger partial charge in [-0.3, -0.25) is 0 Å². The van der Waals surface area contributed by atoms with E-state index in [0.29, 0.717) is 5.92 Å². The summed E-state index contributed by atoms with van der Waals surface area (Å²) in [6.45, 7) is 5.66. The van der Waals surface area contributed by atoms with Gasteiger partial charge in [-0.1, -0.05) is 25.5 Å². The second-order valence-corrected chi connectivity index (χ2v) is 4.82. The van der Waals surface area contributed by atoms with Gasteiger partial charge in [0, 0.05) is 6.54 Å². The maximum Gasteiger partial charge on any atom is 0.123 e. The van der Waals surface area contributed by atoms with E-state index in [4.69, 9.17) is 0 Å². The van der Waals surface area contributed by atoms with Crippen LogP contribution in [0.15, 0.2) is 24.3 Å². The normalized spacial score (nSPS) is 19.6. The molecule has 0 bridgehead atoms. The standard InChI is InChI=1S/C14H20FN/c1-12(11-16-8-3-2-4-9-16)13-6-5-7-14(15)10-13/h5-7,10,12H,2-4,8-9,11H2,1H3. The third-order valence-corrected chi connectivity index (χ3v) is 3.40. The summed E-state index contributed by atoms with van der Waals surface area (Å²) in [7, 11) is 0. The van der Waals surface area contributed by atoms with Gasteiger partial charge >= 0.3 is 0 Å². The van der Waals surface area contributed by atoms with Crippen molar-refractivity contribution in [2.75, 3.05) is 19.6 Å². The highest BCUT2D eigenvalue weighted by molar-refractivity contribution is 5.20. The molecule has 16 heavy (non-hydrogen) atoms. The number of benzene rings is 1. The number of halogens is 1. The Labute approximate surface area is 97.3 Å². The largest absolute Gasteiger partial charge is 0.303 e. The van der Waals surface area contributed by atoms with Crippen LogP contribution in [-0.2, 0) is 0 Å². The zero-order valence-electron chi connectivity index (χ0n) is 9.95. The van der Waals surface area contributed by atoms with Crippen LogP contribution in [0.4, 0.5) is 4.39 Å². The highest BCUT2D eigenvalue weighted by Crippen LogP contribution is 2.19. The van der Waals surface area contributed by atoms with E-state index >= 15 is 0 Å². The Morgan fingerprint density at radius 2 is 2.00 bits per heavy atom. The summed E-state index contributed by atoms with van der Waals surface area (Å²) >= 11 is 0. The first-order valence-electron chi connectivity index (χ1n) is 6.23. The van der Waals surface area contributed by atoms with Crippen molar-refractivity contribution < 1.29 is 4.39 Å². The van der Waals surface area contributed by atoms with Crippen molar-refractivity contribution in [2.45, 2.75) is 32.1 Å². The monoisotopic (exact) mass is 221 g/mol. The maximum absolute atomic E-state index is 13.1. The molecule has 1 unspecified atom stereocenters. The van der Waals surface area contributed by atoms with Gasteiger partial charge in [-0.2, -0.15) is 0 Å². The van der Waals surface area contributed by atoms with Crippen LogP contribution in [0.3, 0.4) is 0 Å². The maximum atomic E-state index is 13.1. The van der Waals surface area contributed by atoms with Crippen LogP contribution < -0.4 is 0 Å². The van der Waals surface area contributed by atoms with Crippen molar-refractivity contribution in [3.63, 3.8) is 0 Å². The molecule has 0 aromatic heterocycles. The highest BCUT2D eigenvalue weighted by atomic mass is 19.1. The van der Waals surface area contributed by atoms with Gasteiger partial charge < -0.3 is 4.90 Å². The number of piperidine rings is 1. The molecule has 0 N–H and O–H groups in total. The van der Waals surface area contributed by atoms with E-state index in [1.54, 1.807) is 12.1 Å². The van der Waals surface area contributed by atoms with E-state index < -0.39 is 0 Å². The lowest BCUT2D eigenvalue weighted by molar-refractivity contribution is 0.219. The topological polar surface area (TPSA) is 3.24 Å². The fourth-order valence-electron chi connectivity index (χ4n) is 2.45. The molecular formula is C14H20FN. The van der Waals surface area contributed by atoms with Crippen LogP contribution in [0.5, 0.6) is 0 Å². The lowest BCUT2D eigenvalue weighted by Crippen LogP contribution is -2.32. The highest BCUT2D eigenvalue weighted by Gasteiger charge is 2.14. The van der Waals surface area contributed by atoms with Gasteiger partial charge in [-0.15, -0.1) is 0 Å². The van der Waals surface area contributed by atoms with Crippen molar-refractivity contribution in [3.8, 4) is 0 Å². The molecule has 0 saturated carbocycles. The molecule has 0 radical (unpaired) electrons. The van der Waals surface area contributed by atoms with Crippen molar-refractivity contribution in [1.82, 2.24) is 4.90 Å². The lowest BCUT2D eigenvalue weighted by Gasteiger charge is -2.29. The van der Waals surface area contributed by atoms with Gasteiger partial charge in [0.15, 0.2) is 0 Å². The molecule has 1 aliphatic rings. The summed E-state index contributed by atoms with van der Waals surface area (Å²) < 4.78 is 13.1. The predicted octanol–water partition coefficient (Wildman–Crippen LogP) is 3.42. The Bertz CT molecular complexity index is 331. The van der Waals surface area contributed by atoms with Crippen LogP contribution in [0.2, 0.25) is 0 Å². The van der Waals surface area contributed by atoms with E-state index in [-0.39, 0.29) is 5.82 Å². The molecule has 0 aliphatic carbocycles. The molecular weight excluding hydrogens is 201 g/mol. The summed E-state index contributed by atoms with van der Waals surface area (Å²) in [5, 5.41) is 0. The molecule has 1 fully saturated rings. The number of hydrogen-bond donors (Lipinski definition) is 0. The molecule has 1 aliphatic heterocycles. The first kappa shape index (κ1) is 11.6. The SMILES string of the molecule is CC(CN1CCCCC1)c1cccc(F)c1. The van der Waals surface area contributed by atoms with E-state index in [0.717, 1.165) is 12.1 Å². The number of rotatable bonds is 3. The van der Waals surface area contributed by atoms with Gasteiger partial charge in [0.25, 0.3) is 0 Å². The summed E-state index contributed by atoms with van der Waals surface area (Å²) in [4.78, 5) is 2.50. The average molecular weight is 221 g/mol. The Balaban J connectivity index is 1.94. The fraction of sp³-hybridized carbons (Fsp3) is 0.571. The molecule has 0 spiro atoms. The van der Waals surface area contributed by atoms with Crippen LogP contribution in [0.1, 0.15) is 37.7 Å². The number of hydrogen-bond acceptors (Lipinski definition) is 1. The molecule has 1 aromatic carbocycles. The zero-order chi connectivity index (χ0) is 11.4. The molecule has 1 atom stereocenters. The Morgan fingerprint density at radius 3 is 2.69 bits per heavy atom. The molecule has 2 heteroatoms. The number of nitrogens with zero attached hydrogens (tertiary/aromatic N) is 1. The fourth-order valence-corrected chi connectivity index (χ4v) is 2.45. The van der Waals surface area contributed by atoms with Gasteiger partial charge in [-0.25, -0.2) is 4.39 Å². The van der Waals surface area contributed by atoms with Gasteiger partial charge in [0.1, 0.15) is 5.82 Å². The van der Waals surface area contributed by atoms with Crippen molar-refractivity contribution in [2.24, 2.45) is 0 Å². The minimum atomic E-state index is -0.122. The van der Waals surface area contributed by atoms with E-state index in [1.807, 2.05) is 6.07 Å². The van der Waals surface area contributed by atoms with Crippen LogP contribution >= 0.6 is 0 Å². The van der Waals surface area contributed by atoms with Crippen LogP contribution in [-0.4, -0.2) is 24.5 Å². The van der Waals surface area contributed by atoms with E-state index in [2.05, 4.69) is 11.8 Å². The first-order valence-corrected chi connectivity index (χ1v) is 6.23. The smallest absolute Gasteiger partial charge is 0.123 e. The van der Waals surface area contributed by atoms with Crippen LogP contribution in [0, 0.1) is 5.82 Å². The minimum Gasteiger partial charge on any atom is -0.303 e. The van der Waals surface area contributed by atoms with E-state index in [9.17, 15) is 4.39 Å². The van der Waals surface area contributed by atoms with Gasteiger partial charge in [0.05, 0.1) is 0 Å². The summed E-state index contributed by atoms with van der Waals surface area (Å²) in [6, 6.07) is 7.00. The van der Waals surface area contributed by atoms with Crippen LogP contribution in [0.25, 0.3) is 0 Å².